The van der Waals surface area contributed by atoms with Crippen molar-refractivity contribution >= 4 is 10.9 Å². The predicted molar refractivity (Wildman–Crippen MR) is 102 cm³/mol. The smallest absolute Gasteiger partial charge is 0.100 e. The number of ether oxygens (including phenoxy) is 1. The highest BCUT2D eigenvalue weighted by molar-refractivity contribution is 5.93. The minimum atomic E-state index is 0.724. The summed E-state index contributed by atoms with van der Waals surface area (Å²) in [5.41, 5.74) is 4.77. The predicted octanol–water partition coefficient (Wildman–Crippen LogP) is 3.99. The molecule has 1 aliphatic carbocycles. The van der Waals surface area contributed by atoms with Gasteiger partial charge in [-0.25, -0.2) is 0 Å². The van der Waals surface area contributed by atoms with Crippen molar-refractivity contribution < 1.29 is 4.74 Å². The van der Waals surface area contributed by atoms with Gasteiger partial charge in [-0.2, -0.15) is 5.10 Å². The molecule has 1 heterocycles. The number of rotatable bonds is 8. The van der Waals surface area contributed by atoms with Crippen molar-refractivity contribution in [2.24, 2.45) is 0 Å². The van der Waals surface area contributed by atoms with Crippen LogP contribution in [0.25, 0.3) is 22.2 Å². The average Bonchev–Trinajstić information content (AvgIpc) is 3.42. The van der Waals surface area contributed by atoms with Gasteiger partial charge in [0.05, 0.1) is 5.52 Å². The lowest BCUT2D eigenvalue weighted by atomic mass is 10.1. The zero-order valence-corrected chi connectivity index (χ0v) is 14.7. The molecule has 2 aromatic carbocycles. The monoisotopic (exact) mass is 335 g/mol. The van der Waals surface area contributed by atoms with Crippen molar-refractivity contribution in [1.29, 1.82) is 0 Å². The molecule has 130 valence electrons. The van der Waals surface area contributed by atoms with Crippen LogP contribution in [0.15, 0.2) is 48.5 Å². The highest BCUT2D eigenvalue weighted by Crippen LogP contribution is 2.29. The third-order valence-electron chi connectivity index (χ3n) is 4.75. The number of nitrogens with one attached hydrogen (secondary N) is 1. The maximum atomic E-state index is 5.21. The highest BCUT2D eigenvalue weighted by Gasteiger charge is 2.20. The van der Waals surface area contributed by atoms with Crippen molar-refractivity contribution in [2.75, 3.05) is 13.7 Å². The second-order valence-corrected chi connectivity index (χ2v) is 6.79. The Balaban J connectivity index is 1.69. The fourth-order valence-corrected chi connectivity index (χ4v) is 3.22. The van der Waals surface area contributed by atoms with Gasteiger partial charge in [0.1, 0.15) is 5.69 Å². The molecule has 4 rings (SSSR count). The summed E-state index contributed by atoms with van der Waals surface area (Å²) in [7, 11) is 1.75. The maximum absolute atomic E-state index is 5.21. The summed E-state index contributed by atoms with van der Waals surface area (Å²) >= 11 is 0. The molecule has 4 nitrogen and oxygen atoms in total. The van der Waals surface area contributed by atoms with Gasteiger partial charge in [-0.1, -0.05) is 42.5 Å². The van der Waals surface area contributed by atoms with Gasteiger partial charge < -0.3 is 10.1 Å². The van der Waals surface area contributed by atoms with Crippen LogP contribution < -0.4 is 5.32 Å². The van der Waals surface area contributed by atoms with Gasteiger partial charge in [0.25, 0.3) is 0 Å². The molecule has 0 bridgehead atoms. The van der Waals surface area contributed by atoms with Gasteiger partial charge in [0, 0.05) is 43.8 Å². The van der Waals surface area contributed by atoms with Crippen LogP contribution in [-0.2, 0) is 17.8 Å². The van der Waals surface area contributed by atoms with E-state index in [2.05, 4.69) is 52.5 Å². The number of hydrogen-bond donors (Lipinski definition) is 1. The van der Waals surface area contributed by atoms with Gasteiger partial charge in [-0.15, -0.1) is 0 Å². The lowest BCUT2D eigenvalue weighted by molar-refractivity contribution is 0.189. The fraction of sp³-hybridized carbons (Fsp3) is 0.381. The number of aryl methyl sites for hydroxylation is 1. The normalized spacial score (nSPS) is 14.3. The molecule has 1 N–H and O–H groups in total. The molecular formula is C21H25N3O. The molecule has 0 atom stereocenters. The van der Waals surface area contributed by atoms with E-state index in [-0.39, 0.29) is 0 Å². The molecule has 1 fully saturated rings. The summed E-state index contributed by atoms with van der Waals surface area (Å²) in [4.78, 5) is 0. The molecular weight excluding hydrogens is 310 g/mol. The largest absolute Gasteiger partial charge is 0.385 e. The van der Waals surface area contributed by atoms with E-state index in [1.165, 1.54) is 34.9 Å². The van der Waals surface area contributed by atoms with E-state index >= 15 is 0 Å². The molecule has 3 aromatic rings. The van der Waals surface area contributed by atoms with E-state index in [9.17, 15) is 0 Å². The minimum Gasteiger partial charge on any atom is -0.385 e. The van der Waals surface area contributed by atoms with E-state index in [1.807, 2.05) is 6.07 Å². The summed E-state index contributed by atoms with van der Waals surface area (Å²) in [6.45, 7) is 2.56. The van der Waals surface area contributed by atoms with E-state index < -0.39 is 0 Å². The molecule has 25 heavy (non-hydrogen) atoms. The van der Waals surface area contributed by atoms with Crippen LogP contribution in [-0.4, -0.2) is 29.5 Å². The second kappa shape index (κ2) is 7.38. The van der Waals surface area contributed by atoms with Crippen molar-refractivity contribution in [3.8, 4) is 11.3 Å². The van der Waals surface area contributed by atoms with E-state index in [1.54, 1.807) is 7.11 Å². The van der Waals surface area contributed by atoms with Crippen molar-refractivity contribution in [3.05, 3.63) is 54.1 Å². The zero-order chi connectivity index (χ0) is 17.1. The van der Waals surface area contributed by atoms with Crippen LogP contribution in [0, 0.1) is 0 Å². The topological polar surface area (TPSA) is 39.1 Å². The molecule has 0 spiro atoms. The van der Waals surface area contributed by atoms with Gasteiger partial charge in [0.2, 0.25) is 0 Å². The van der Waals surface area contributed by atoms with Crippen molar-refractivity contribution in [3.63, 3.8) is 0 Å². The Kier molecular flexibility index (Phi) is 4.81. The Hall–Kier alpha value is -2.17. The van der Waals surface area contributed by atoms with Gasteiger partial charge in [0.15, 0.2) is 0 Å². The quantitative estimate of drug-likeness (QED) is 0.633. The molecule has 0 radical (unpaired) electrons. The Morgan fingerprint density at radius 3 is 2.76 bits per heavy atom. The SMILES string of the molecule is COCCCn1nc(-c2ccccc2)c2ccc(CNC3CC3)cc21. The number of benzene rings is 2. The van der Waals surface area contributed by atoms with Crippen LogP contribution in [0.4, 0.5) is 0 Å². The Morgan fingerprint density at radius 2 is 2.00 bits per heavy atom. The van der Waals surface area contributed by atoms with Crippen LogP contribution >= 0.6 is 0 Å². The molecule has 1 saturated carbocycles. The van der Waals surface area contributed by atoms with Gasteiger partial charge in [-0.3, -0.25) is 4.68 Å². The maximum Gasteiger partial charge on any atom is 0.100 e. The summed E-state index contributed by atoms with van der Waals surface area (Å²) in [5, 5.41) is 9.74. The van der Waals surface area contributed by atoms with Gasteiger partial charge >= 0.3 is 0 Å². The molecule has 0 unspecified atom stereocenters. The van der Waals surface area contributed by atoms with E-state index in [0.717, 1.165) is 37.9 Å². The summed E-state index contributed by atoms with van der Waals surface area (Å²) in [6.07, 6.45) is 3.59. The molecule has 1 aromatic heterocycles. The first kappa shape index (κ1) is 16.3. The molecule has 1 aliphatic rings. The Bertz CT molecular complexity index is 837. The Labute approximate surface area is 148 Å². The van der Waals surface area contributed by atoms with Crippen LogP contribution in [0.2, 0.25) is 0 Å². The van der Waals surface area contributed by atoms with Crippen molar-refractivity contribution in [2.45, 2.75) is 38.4 Å². The van der Waals surface area contributed by atoms with E-state index in [4.69, 9.17) is 9.84 Å². The molecule has 0 amide bonds. The first-order valence-corrected chi connectivity index (χ1v) is 9.12. The number of aromatic nitrogens is 2. The first-order valence-electron chi connectivity index (χ1n) is 9.12. The van der Waals surface area contributed by atoms with Gasteiger partial charge in [-0.05, 0) is 30.9 Å². The number of hydrogen-bond acceptors (Lipinski definition) is 3. The van der Waals surface area contributed by atoms with E-state index in [0.29, 0.717) is 0 Å². The standard InChI is InChI=1S/C21H25N3O/c1-25-13-5-12-24-20-14-16(15-22-18-9-10-18)8-11-19(20)21(23-24)17-6-3-2-4-7-17/h2-4,6-8,11,14,18,22H,5,9-10,12-13,15H2,1H3. The van der Waals surface area contributed by atoms with Crippen LogP contribution in [0.3, 0.4) is 0 Å². The summed E-state index contributed by atoms with van der Waals surface area (Å²) < 4.78 is 7.35. The summed E-state index contributed by atoms with van der Waals surface area (Å²) in [5.74, 6) is 0. The van der Waals surface area contributed by atoms with Crippen LogP contribution in [0.1, 0.15) is 24.8 Å². The number of nitrogens with zero attached hydrogens (tertiary/aromatic N) is 2. The van der Waals surface area contributed by atoms with Crippen LogP contribution in [0.5, 0.6) is 0 Å². The third kappa shape index (κ3) is 3.75. The minimum absolute atomic E-state index is 0.724. The zero-order valence-electron chi connectivity index (χ0n) is 14.7. The lowest BCUT2D eigenvalue weighted by Crippen LogP contribution is -2.15. The molecule has 4 heteroatoms. The molecule has 0 saturated heterocycles. The highest BCUT2D eigenvalue weighted by atomic mass is 16.5. The first-order chi connectivity index (χ1) is 12.3. The fourth-order valence-electron chi connectivity index (χ4n) is 3.22. The summed E-state index contributed by atoms with van der Waals surface area (Å²) in [6, 6.07) is 17.9. The Morgan fingerprint density at radius 1 is 1.16 bits per heavy atom. The lowest BCUT2D eigenvalue weighted by Gasteiger charge is -2.06. The third-order valence-corrected chi connectivity index (χ3v) is 4.75. The average molecular weight is 335 g/mol. The molecule has 0 aliphatic heterocycles. The second-order valence-electron chi connectivity index (χ2n) is 6.79. The number of methoxy groups -OCH3 is 1. The van der Waals surface area contributed by atoms with Crippen molar-refractivity contribution in [1.82, 2.24) is 15.1 Å². The number of fused-ring (bicyclic) bond motifs is 1.